The van der Waals surface area contributed by atoms with E-state index in [2.05, 4.69) is 24.1 Å². The Balaban J connectivity index is 2.07. The van der Waals surface area contributed by atoms with Crippen LogP contribution >= 0.6 is 0 Å². The summed E-state index contributed by atoms with van der Waals surface area (Å²) in [5.41, 5.74) is 2.15. The Labute approximate surface area is 98.2 Å². The second kappa shape index (κ2) is 7.36. The van der Waals surface area contributed by atoms with Crippen LogP contribution in [0.5, 0.6) is 0 Å². The predicted octanol–water partition coefficient (Wildman–Crippen LogP) is 2.15. The highest BCUT2D eigenvalue weighted by Gasteiger charge is 1.95. The second-order valence-corrected chi connectivity index (χ2v) is 4.42. The lowest BCUT2D eigenvalue weighted by Crippen LogP contribution is -2.20. The molecule has 0 saturated heterocycles. The van der Waals surface area contributed by atoms with Crippen molar-refractivity contribution >= 4 is 0 Å². The number of pyridine rings is 1. The van der Waals surface area contributed by atoms with E-state index in [1.807, 2.05) is 25.1 Å². The molecule has 0 aromatic carbocycles. The normalized spacial score (nSPS) is 11.0. The van der Waals surface area contributed by atoms with Crippen LogP contribution in [-0.4, -0.2) is 24.7 Å². The van der Waals surface area contributed by atoms with E-state index in [-0.39, 0.29) is 0 Å². The number of nitrogens with one attached hydrogen (secondary N) is 1. The summed E-state index contributed by atoms with van der Waals surface area (Å²) in [6.07, 6.45) is 0. The zero-order chi connectivity index (χ0) is 11.8. The van der Waals surface area contributed by atoms with Crippen LogP contribution in [0.3, 0.4) is 0 Å². The van der Waals surface area contributed by atoms with Crippen molar-refractivity contribution < 1.29 is 4.74 Å². The molecule has 16 heavy (non-hydrogen) atoms. The molecule has 1 aromatic heterocycles. The quantitative estimate of drug-likeness (QED) is 0.718. The molecule has 0 fully saturated rings. The van der Waals surface area contributed by atoms with Crippen LogP contribution < -0.4 is 5.32 Å². The molecule has 3 heteroatoms. The zero-order valence-electron chi connectivity index (χ0n) is 10.5. The zero-order valence-corrected chi connectivity index (χ0v) is 10.5. The van der Waals surface area contributed by atoms with Crippen molar-refractivity contribution in [3.8, 4) is 0 Å². The van der Waals surface area contributed by atoms with Gasteiger partial charge in [0.15, 0.2) is 0 Å². The fourth-order valence-electron chi connectivity index (χ4n) is 1.38. The van der Waals surface area contributed by atoms with Gasteiger partial charge in [0.1, 0.15) is 0 Å². The lowest BCUT2D eigenvalue weighted by molar-refractivity contribution is 0.111. The maximum absolute atomic E-state index is 5.47. The lowest BCUT2D eigenvalue weighted by Gasteiger charge is -2.07. The van der Waals surface area contributed by atoms with Crippen molar-refractivity contribution in [1.82, 2.24) is 10.3 Å². The molecule has 0 spiro atoms. The number of hydrogen-bond acceptors (Lipinski definition) is 3. The van der Waals surface area contributed by atoms with Crippen LogP contribution in [0.2, 0.25) is 0 Å². The minimum absolute atomic E-state index is 0.610. The Hall–Kier alpha value is -0.930. The van der Waals surface area contributed by atoms with Crippen LogP contribution in [0, 0.1) is 12.8 Å². The van der Waals surface area contributed by atoms with E-state index in [0.717, 1.165) is 37.7 Å². The summed E-state index contributed by atoms with van der Waals surface area (Å²) in [5, 5.41) is 3.32. The number of rotatable bonds is 7. The molecule has 0 amide bonds. The number of nitrogens with zero attached hydrogens (tertiary/aromatic N) is 1. The summed E-state index contributed by atoms with van der Waals surface area (Å²) >= 11 is 0. The van der Waals surface area contributed by atoms with E-state index >= 15 is 0 Å². The molecule has 0 aliphatic carbocycles. The first-order chi connectivity index (χ1) is 7.68. The van der Waals surface area contributed by atoms with Crippen LogP contribution in [0.25, 0.3) is 0 Å². The Bertz CT molecular complexity index is 300. The third-order valence-corrected chi connectivity index (χ3v) is 2.13. The highest BCUT2D eigenvalue weighted by molar-refractivity contribution is 5.09. The Morgan fingerprint density at radius 2 is 2.19 bits per heavy atom. The largest absolute Gasteiger partial charge is 0.380 e. The molecule has 0 bridgehead atoms. The van der Waals surface area contributed by atoms with Gasteiger partial charge in [-0.15, -0.1) is 0 Å². The number of hydrogen-bond donors (Lipinski definition) is 1. The predicted molar refractivity (Wildman–Crippen MR) is 66.3 cm³/mol. The van der Waals surface area contributed by atoms with Crippen LogP contribution in [-0.2, 0) is 11.3 Å². The molecule has 1 N–H and O–H groups in total. The van der Waals surface area contributed by atoms with Crippen molar-refractivity contribution in [2.75, 3.05) is 19.8 Å². The summed E-state index contributed by atoms with van der Waals surface area (Å²) in [4.78, 5) is 4.42. The molecule has 3 nitrogen and oxygen atoms in total. The molecule has 0 aliphatic rings. The first-order valence-electron chi connectivity index (χ1n) is 5.89. The average molecular weight is 222 g/mol. The summed E-state index contributed by atoms with van der Waals surface area (Å²) in [5.74, 6) is 0.610. The number of aromatic nitrogens is 1. The van der Waals surface area contributed by atoms with Crippen molar-refractivity contribution in [3.05, 3.63) is 29.6 Å². The first kappa shape index (κ1) is 13.1. The maximum Gasteiger partial charge on any atom is 0.0591 e. The Kier molecular flexibility index (Phi) is 6.04. The first-order valence-corrected chi connectivity index (χ1v) is 5.89. The average Bonchev–Trinajstić information content (AvgIpc) is 2.23. The van der Waals surface area contributed by atoms with Gasteiger partial charge in [-0.25, -0.2) is 0 Å². The van der Waals surface area contributed by atoms with Gasteiger partial charge >= 0.3 is 0 Å². The summed E-state index contributed by atoms with van der Waals surface area (Å²) < 4.78 is 5.47. The molecular weight excluding hydrogens is 200 g/mol. The van der Waals surface area contributed by atoms with Crippen LogP contribution in [0.4, 0.5) is 0 Å². The van der Waals surface area contributed by atoms with E-state index in [1.54, 1.807) is 0 Å². The third kappa shape index (κ3) is 5.83. The van der Waals surface area contributed by atoms with Gasteiger partial charge in [-0.1, -0.05) is 19.9 Å². The molecule has 1 heterocycles. The van der Waals surface area contributed by atoms with Crippen molar-refractivity contribution in [2.24, 2.45) is 5.92 Å². The molecule has 0 aliphatic heterocycles. The van der Waals surface area contributed by atoms with Gasteiger partial charge in [-0.05, 0) is 25.0 Å². The third-order valence-electron chi connectivity index (χ3n) is 2.13. The van der Waals surface area contributed by atoms with Crippen LogP contribution in [0.1, 0.15) is 25.2 Å². The maximum atomic E-state index is 5.47. The molecule has 0 unspecified atom stereocenters. The summed E-state index contributed by atoms with van der Waals surface area (Å²) in [6.45, 7) is 9.62. The fraction of sp³-hybridized carbons (Fsp3) is 0.615. The van der Waals surface area contributed by atoms with Gasteiger partial charge < -0.3 is 10.1 Å². The Morgan fingerprint density at radius 3 is 2.88 bits per heavy atom. The van der Waals surface area contributed by atoms with Crippen molar-refractivity contribution in [1.29, 1.82) is 0 Å². The lowest BCUT2D eigenvalue weighted by atomic mass is 10.2. The van der Waals surface area contributed by atoms with E-state index in [9.17, 15) is 0 Å². The molecular formula is C13H22N2O. The topological polar surface area (TPSA) is 34.1 Å². The highest BCUT2D eigenvalue weighted by atomic mass is 16.5. The number of aryl methyl sites for hydroxylation is 1. The Morgan fingerprint density at radius 1 is 1.38 bits per heavy atom. The van der Waals surface area contributed by atoms with Gasteiger partial charge in [-0.2, -0.15) is 0 Å². The highest BCUT2D eigenvalue weighted by Crippen LogP contribution is 1.97. The molecule has 1 aromatic rings. The van der Waals surface area contributed by atoms with Gasteiger partial charge in [0.25, 0.3) is 0 Å². The van der Waals surface area contributed by atoms with Crippen LogP contribution in [0.15, 0.2) is 18.2 Å². The van der Waals surface area contributed by atoms with E-state index in [4.69, 9.17) is 4.74 Å². The van der Waals surface area contributed by atoms with Gasteiger partial charge in [-0.3, -0.25) is 4.98 Å². The molecule has 1 rings (SSSR count). The summed E-state index contributed by atoms with van der Waals surface area (Å²) in [6, 6.07) is 6.08. The van der Waals surface area contributed by atoms with Crippen molar-refractivity contribution in [3.63, 3.8) is 0 Å². The fourth-order valence-corrected chi connectivity index (χ4v) is 1.38. The van der Waals surface area contributed by atoms with E-state index in [1.165, 1.54) is 0 Å². The standard InChI is InChI=1S/C13H22N2O/c1-11(2)10-16-8-7-14-9-13-6-4-5-12(3)15-13/h4-6,11,14H,7-10H2,1-3H3. The minimum atomic E-state index is 0.610. The minimum Gasteiger partial charge on any atom is -0.380 e. The SMILES string of the molecule is Cc1cccc(CNCCOCC(C)C)n1. The van der Waals surface area contributed by atoms with E-state index < -0.39 is 0 Å². The monoisotopic (exact) mass is 222 g/mol. The van der Waals surface area contributed by atoms with Gasteiger partial charge in [0.2, 0.25) is 0 Å². The molecule has 0 radical (unpaired) electrons. The number of ether oxygens (including phenoxy) is 1. The summed E-state index contributed by atoms with van der Waals surface area (Å²) in [7, 11) is 0. The van der Waals surface area contributed by atoms with E-state index in [0.29, 0.717) is 5.92 Å². The second-order valence-electron chi connectivity index (χ2n) is 4.42. The smallest absolute Gasteiger partial charge is 0.0591 e. The molecule has 0 atom stereocenters. The molecule has 0 saturated carbocycles. The molecule has 90 valence electrons. The van der Waals surface area contributed by atoms with Gasteiger partial charge in [0.05, 0.1) is 12.3 Å². The van der Waals surface area contributed by atoms with Crippen molar-refractivity contribution in [2.45, 2.75) is 27.3 Å². The van der Waals surface area contributed by atoms with Gasteiger partial charge in [0, 0.05) is 25.4 Å².